The lowest BCUT2D eigenvalue weighted by Crippen LogP contribution is -2.15. The van der Waals surface area contributed by atoms with Crippen LogP contribution in [0.3, 0.4) is 0 Å². The molecule has 0 aliphatic heterocycles. The highest BCUT2D eigenvalue weighted by molar-refractivity contribution is 6.02. The summed E-state index contributed by atoms with van der Waals surface area (Å²) in [6, 6.07) is 2.93. The lowest BCUT2D eigenvalue weighted by molar-refractivity contribution is 0.102. The van der Waals surface area contributed by atoms with E-state index < -0.39 is 17.5 Å². The fraction of sp³-hybridized carbons (Fsp3) is 0.316. The van der Waals surface area contributed by atoms with Gasteiger partial charge in [0.1, 0.15) is 23.1 Å². The van der Waals surface area contributed by atoms with E-state index in [1.165, 1.54) is 30.8 Å². The van der Waals surface area contributed by atoms with Crippen LogP contribution in [-0.2, 0) is 0 Å². The van der Waals surface area contributed by atoms with Crippen molar-refractivity contribution in [2.24, 2.45) is 0 Å². The molecule has 0 spiro atoms. The van der Waals surface area contributed by atoms with Gasteiger partial charge >= 0.3 is 0 Å². The third kappa shape index (κ3) is 4.84. The first-order chi connectivity index (χ1) is 12.6. The molecule has 1 aliphatic carbocycles. The second-order valence-corrected chi connectivity index (χ2v) is 6.15. The van der Waals surface area contributed by atoms with Crippen molar-refractivity contribution in [1.82, 2.24) is 9.97 Å². The maximum Gasteiger partial charge on any atom is 0.275 e. The summed E-state index contributed by atoms with van der Waals surface area (Å²) in [6.45, 7) is 0.757. The zero-order valence-electron chi connectivity index (χ0n) is 14.3. The summed E-state index contributed by atoms with van der Waals surface area (Å²) < 4.78 is 26.5. The Morgan fingerprint density at radius 2 is 2.04 bits per heavy atom. The van der Waals surface area contributed by atoms with Crippen molar-refractivity contribution in [3.8, 4) is 0 Å². The van der Waals surface area contributed by atoms with Gasteiger partial charge in [-0.05, 0) is 44.2 Å². The molecule has 0 saturated heterocycles. The maximum absolute atomic E-state index is 13.6. The molecule has 2 N–H and O–H groups in total. The highest BCUT2D eigenvalue weighted by Gasteiger charge is 2.12. The Hall–Kier alpha value is -2.83. The number of amides is 1. The van der Waals surface area contributed by atoms with Crippen molar-refractivity contribution in [2.75, 3.05) is 17.2 Å². The minimum absolute atomic E-state index is 0.0502. The topological polar surface area (TPSA) is 66.9 Å². The van der Waals surface area contributed by atoms with E-state index in [1.807, 2.05) is 0 Å². The van der Waals surface area contributed by atoms with E-state index in [0.717, 1.165) is 37.9 Å². The molecule has 136 valence electrons. The Labute approximate surface area is 150 Å². The summed E-state index contributed by atoms with van der Waals surface area (Å²) in [4.78, 5) is 20.3. The number of halogens is 2. The van der Waals surface area contributed by atoms with E-state index in [-0.39, 0.29) is 11.4 Å². The molecule has 1 aromatic heterocycles. The van der Waals surface area contributed by atoms with Gasteiger partial charge < -0.3 is 10.6 Å². The third-order valence-electron chi connectivity index (χ3n) is 4.20. The number of hydrogen-bond acceptors (Lipinski definition) is 4. The molecular formula is C19H20F2N4O. The molecule has 1 amide bonds. The fourth-order valence-corrected chi connectivity index (χ4v) is 2.80. The van der Waals surface area contributed by atoms with Gasteiger partial charge in [0.2, 0.25) is 0 Å². The van der Waals surface area contributed by atoms with Gasteiger partial charge in [0.05, 0.1) is 18.1 Å². The number of nitrogens with zero attached hydrogens (tertiary/aromatic N) is 2. The van der Waals surface area contributed by atoms with Gasteiger partial charge in [-0.25, -0.2) is 18.7 Å². The molecule has 0 saturated carbocycles. The molecular weight excluding hydrogens is 338 g/mol. The number of aromatic nitrogens is 2. The van der Waals surface area contributed by atoms with Crippen LogP contribution in [0.4, 0.5) is 20.3 Å². The first-order valence-electron chi connectivity index (χ1n) is 8.62. The molecule has 0 fully saturated rings. The van der Waals surface area contributed by atoms with Crippen LogP contribution < -0.4 is 10.6 Å². The van der Waals surface area contributed by atoms with Crippen LogP contribution >= 0.6 is 0 Å². The van der Waals surface area contributed by atoms with Crippen LogP contribution in [0.5, 0.6) is 0 Å². The lowest BCUT2D eigenvalue weighted by Gasteiger charge is -2.13. The van der Waals surface area contributed by atoms with Gasteiger partial charge in [0, 0.05) is 12.6 Å². The van der Waals surface area contributed by atoms with E-state index in [2.05, 4.69) is 26.7 Å². The first-order valence-corrected chi connectivity index (χ1v) is 8.62. The van der Waals surface area contributed by atoms with Crippen molar-refractivity contribution in [2.45, 2.75) is 32.1 Å². The Bertz CT molecular complexity index is 806. The Morgan fingerprint density at radius 3 is 2.73 bits per heavy atom. The molecule has 5 nitrogen and oxygen atoms in total. The second kappa shape index (κ2) is 8.51. The second-order valence-electron chi connectivity index (χ2n) is 6.15. The third-order valence-corrected chi connectivity index (χ3v) is 4.20. The molecule has 1 aromatic carbocycles. The number of benzene rings is 1. The largest absolute Gasteiger partial charge is 0.368 e. The maximum atomic E-state index is 13.6. The zero-order valence-corrected chi connectivity index (χ0v) is 14.3. The average Bonchev–Trinajstić information content (AvgIpc) is 2.65. The average molecular weight is 358 g/mol. The van der Waals surface area contributed by atoms with Gasteiger partial charge in [-0.15, -0.1) is 0 Å². The van der Waals surface area contributed by atoms with Crippen molar-refractivity contribution < 1.29 is 13.6 Å². The van der Waals surface area contributed by atoms with Crippen molar-refractivity contribution in [3.05, 3.63) is 59.6 Å². The number of carbonyl (C=O) groups is 1. The minimum atomic E-state index is -0.846. The van der Waals surface area contributed by atoms with Gasteiger partial charge in [0.15, 0.2) is 0 Å². The molecule has 0 unspecified atom stereocenters. The van der Waals surface area contributed by atoms with Gasteiger partial charge in [-0.1, -0.05) is 11.6 Å². The highest BCUT2D eigenvalue weighted by atomic mass is 19.1. The van der Waals surface area contributed by atoms with Gasteiger partial charge in [0.25, 0.3) is 5.91 Å². The summed E-state index contributed by atoms with van der Waals surface area (Å²) >= 11 is 0. The fourth-order valence-electron chi connectivity index (χ4n) is 2.80. The van der Waals surface area contributed by atoms with Gasteiger partial charge in [-0.3, -0.25) is 4.79 Å². The van der Waals surface area contributed by atoms with Crippen molar-refractivity contribution in [1.29, 1.82) is 0 Å². The number of anilines is 2. The Kier molecular flexibility index (Phi) is 5.88. The normalized spacial score (nSPS) is 13.8. The SMILES string of the molecule is O=C(Nc1ccc(F)cc1F)c1cnc(NCCC2=CCCCC2)cn1. The molecule has 0 radical (unpaired) electrons. The summed E-state index contributed by atoms with van der Waals surface area (Å²) in [5.74, 6) is -1.59. The number of carbonyl (C=O) groups excluding carboxylic acids is 1. The molecule has 1 heterocycles. The van der Waals surface area contributed by atoms with E-state index in [9.17, 15) is 13.6 Å². The van der Waals surface area contributed by atoms with Crippen molar-refractivity contribution in [3.63, 3.8) is 0 Å². The van der Waals surface area contributed by atoms with Crippen LogP contribution in [-0.4, -0.2) is 22.4 Å². The van der Waals surface area contributed by atoms with Crippen LogP contribution in [0, 0.1) is 11.6 Å². The monoisotopic (exact) mass is 358 g/mol. The molecule has 1 aliphatic rings. The van der Waals surface area contributed by atoms with Crippen LogP contribution in [0.1, 0.15) is 42.6 Å². The number of nitrogens with one attached hydrogen (secondary N) is 2. The summed E-state index contributed by atoms with van der Waals surface area (Å²) in [7, 11) is 0. The van der Waals surface area contributed by atoms with E-state index >= 15 is 0 Å². The van der Waals surface area contributed by atoms with Gasteiger partial charge in [-0.2, -0.15) is 0 Å². The minimum Gasteiger partial charge on any atom is -0.368 e. The quantitative estimate of drug-likeness (QED) is 0.755. The number of rotatable bonds is 6. The molecule has 26 heavy (non-hydrogen) atoms. The number of hydrogen-bond donors (Lipinski definition) is 2. The smallest absolute Gasteiger partial charge is 0.275 e. The number of allylic oxidation sites excluding steroid dienone is 1. The predicted octanol–water partition coefficient (Wildman–Crippen LogP) is 4.31. The molecule has 2 aromatic rings. The molecule has 0 bridgehead atoms. The van der Waals surface area contributed by atoms with Crippen LogP contribution in [0.25, 0.3) is 0 Å². The Balaban J connectivity index is 1.53. The zero-order chi connectivity index (χ0) is 18.4. The van der Waals surface area contributed by atoms with E-state index in [1.54, 1.807) is 0 Å². The summed E-state index contributed by atoms with van der Waals surface area (Å²) in [5, 5.41) is 5.52. The first kappa shape index (κ1) is 18.0. The molecule has 3 rings (SSSR count). The highest BCUT2D eigenvalue weighted by Crippen LogP contribution is 2.20. The van der Waals surface area contributed by atoms with E-state index in [4.69, 9.17) is 0 Å². The van der Waals surface area contributed by atoms with E-state index in [0.29, 0.717) is 11.9 Å². The summed E-state index contributed by atoms with van der Waals surface area (Å²) in [5.41, 5.74) is 1.41. The van der Waals surface area contributed by atoms with Crippen LogP contribution in [0.2, 0.25) is 0 Å². The molecule has 0 atom stereocenters. The molecule has 7 heteroatoms. The van der Waals surface area contributed by atoms with Crippen LogP contribution in [0.15, 0.2) is 42.2 Å². The van der Waals surface area contributed by atoms with Crippen molar-refractivity contribution >= 4 is 17.4 Å². The summed E-state index contributed by atoms with van der Waals surface area (Å²) in [6.07, 6.45) is 10.9. The predicted molar refractivity (Wildman–Crippen MR) is 96.0 cm³/mol. The Morgan fingerprint density at radius 1 is 1.15 bits per heavy atom. The standard InChI is InChI=1S/C19H20F2N4O/c20-14-6-7-16(15(21)10-14)25-19(26)17-11-24-18(12-23-17)22-9-8-13-4-2-1-3-5-13/h4,6-7,10-12H,1-3,5,8-9H2,(H,22,24)(H,25,26). The lowest BCUT2D eigenvalue weighted by atomic mass is 9.97.